The van der Waals surface area contributed by atoms with Gasteiger partial charge in [0.15, 0.2) is 12.2 Å². The largest absolute Gasteiger partial charge is 0.472 e. The van der Waals surface area contributed by atoms with Crippen LogP contribution in [0, 0.1) is 17.8 Å². The topological polar surface area (TPSA) is 237 Å². The van der Waals surface area contributed by atoms with E-state index in [4.69, 9.17) is 37.0 Å². The fourth-order valence-corrected chi connectivity index (χ4v) is 13.5. The number of aliphatic hydroxyl groups is 1. The highest BCUT2D eigenvalue weighted by Gasteiger charge is 2.30. The van der Waals surface area contributed by atoms with Crippen LogP contribution in [0.5, 0.6) is 0 Å². The summed E-state index contributed by atoms with van der Waals surface area (Å²) in [7, 11) is -9.91. The molecule has 0 amide bonds. The number of unbranched alkanes of at least 4 members (excludes halogenated alkanes) is 42. The molecule has 19 heteroatoms. The van der Waals surface area contributed by atoms with Gasteiger partial charge >= 0.3 is 39.5 Å². The van der Waals surface area contributed by atoms with Crippen molar-refractivity contribution >= 4 is 39.5 Å². The lowest BCUT2D eigenvalue weighted by Gasteiger charge is -2.21. The van der Waals surface area contributed by atoms with Crippen molar-refractivity contribution in [2.75, 3.05) is 39.6 Å². The number of aliphatic hydroxyl groups excluding tert-OH is 1. The number of carbonyl (C=O) groups is 4. The molecule has 4 unspecified atom stereocenters. The number of esters is 4. The van der Waals surface area contributed by atoms with Crippen LogP contribution in [0.1, 0.15) is 402 Å². The van der Waals surface area contributed by atoms with Crippen molar-refractivity contribution in [2.24, 2.45) is 17.8 Å². The van der Waals surface area contributed by atoms with Crippen molar-refractivity contribution in [2.45, 2.75) is 420 Å². The molecule has 0 spiro atoms. The predicted octanol–water partition coefficient (Wildman–Crippen LogP) is 23.0. The molecule has 0 heterocycles. The van der Waals surface area contributed by atoms with E-state index in [9.17, 15) is 43.2 Å². The Kier molecular flexibility index (Phi) is 67.1. The third kappa shape index (κ3) is 69.5. The maximum atomic E-state index is 13.1. The Morgan fingerprint density at radius 2 is 0.526 bits per heavy atom. The van der Waals surface area contributed by atoms with Gasteiger partial charge in [-0.25, -0.2) is 9.13 Å². The lowest BCUT2D eigenvalue weighted by atomic mass is 10.00. The molecule has 3 N–H and O–H groups in total. The molecule has 0 fully saturated rings. The average Bonchev–Trinajstić information content (AvgIpc) is 1.20. The Labute approximate surface area is 594 Å². The minimum Gasteiger partial charge on any atom is -0.462 e. The molecule has 576 valence electrons. The zero-order valence-electron chi connectivity index (χ0n) is 63.5. The molecule has 0 aliphatic heterocycles. The van der Waals surface area contributed by atoms with Crippen molar-refractivity contribution in [3.05, 3.63) is 0 Å². The fourth-order valence-electron chi connectivity index (χ4n) is 11.9. The molecule has 0 saturated heterocycles. The van der Waals surface area contributed by atoms with Gasteiger partial charge in [0.1, 0.15) is 19.3 Å². The van der Waals surface area contributed by atoms with Gasteiger partial charge in [-0.3, -0.25) is 37.3 Å². The number of ether oxygens (including phenoxy) is 4. The van der Waals surface area contributed by atoms with Gasteiger partial charge in [-0.05, 0) is 43.4 Å². The highest BCUT2D eigenvalue weighted by atomic mass is 31.2. The zero-order valence-corrected chi connectivity index (χ0v) is 65.3. The summed E-state index contributed by atoms with van der Waals surface area (Å²) in [5.74, 6) is 0.140. The van der Waals surface area contributed by atoms with Gasteiger partial charge < -0.3 is 33.8 Å². The zero-order chi connectivity index (χ0) is 71.6. The molecule has 0 aromatic rings. The number of carbonyl (C=O) groups excluding carboxylic acids is 4. The van der Waals surface area contributed by atoms with Crippen molar-refractivity contribution in [3.63, 3.8) is 0 Å². The summed E-state index contributed by atoms with van der Waals surface area (Å²) < 4.78 is 68.5. The molecular weight excluding hydrogens is 1270 g/mol. The van der Waals surface area contributed by atoms with Crippen LogP contribution in [0.15, 0.2) is 0 Å². The Balaban J connectivity index is 5.22. The Morgan fingerprint density at radius 1 is 0.299 bits per heavy atom. The predicted molar refractivity (Wildman–Crippen MR) is 395 cm³/mol. The molecule has 0 radical (unpaired) electrons. The summed E-state index contributed by atoms with van der Waals surface area (Å²) in [5, 5.41) is 10.6. The van der Waals surface area contributed by atoms with Crippen LogP contribution >= 0.6 is 15.6 Å². The molecule has 17 nitrogen and oxygen atoms in total. The fraction of sp³-hybridized carbons (Fsp3) is 0.949. The van der Waals surface area contributed by atoms with Crippen LogP contribution in [-0.2, 0) is 65.4 Å². The van der Waals surface area contributed by atoms with Crippen LogP contribution in [0.25, 0.3) is 0 Å². The lowest BCUT2D eigenvalue weighted by molar-refractivity contribution is -0.161. The molecule has 7 atom stereocenters. The van der Waals surface area contributed by atoms with Crippen LogP contribution in [-0.4, -0.2) is 96.7 Å². The molecule has 0 aromatic carbocycles. The quantitative estimate of drug-likeness (QED) is 0.0222. The number of phosphoric ester groups is 2. The number of hydrogen-bond donors (Lipinski definition) is 3. The molecule has 0 saturated carbocycles. The summed E-state index contributed by atoms with van der Waals surface area (Å²) in [6.07, 6.45) is 55.7. The van der Waals surface area contributed by atoms with E-state index < -0.39 is 97.5 Å². The molecule has 97 heavy (non-hydrogen) atoms. The summed E-state index contributed by atoms with van der Waals surface area (Å²) in [4.78, 5) is 72.8. The van der Waals surface area contributed by atoms with E-state index in [0.717, 1.165) is 114 Å². The van der Waals surface area contributed by atoms with Crippen LogP contribution in [0.4, 0.5) is 0 Å². The summed E-state index contributed by atoms with van der Waals surface area (Å²) in [5.41, 5.74) is 0. The highest BCUT2D eigenvalue weighted by Crippen LogP contribution is 2.45. The standard InChI is InChI=1S/C78H152O17P2/c1-8-11-12-13-14-15-16-17-18-19-20-24-27-30-33-36-45-52-59-75(80)88-65-73(94-77(82)61-54-47-37-34-31-28-25-22-21-23-26-29-32-35-42-49-56-69(4)5)67-92-96(84,85)90-63-72(79)64-91-97(86,87)93-68-74(95-78(83)62-55-48-41-39-44-51-58-71(7)10-3)66-89-76(81)60-53-46-40-38-43-50-57-70(6)9-2/h69-74,79H,8-68H2,1-7H3,(H,84,85)(H,86,87)/t70?,71?,72-,73-,74-/m1/s1. The van der Waals surface area contributed by atoms with E-state index in [2.05, 4.69) is 48.5 Å². The second kappa shape index (κ2) is 68.5. The van der Waals surface area contributed by atoms with E-state index >= 15 is 0 Å². The molecule has 0 aliphatic rings. The minimum absolute atomic E-state index is 0.102. The van der Waals surface area contributed by atoms with E-state index in [1.807, 2.05) is 0 Å². The first-order valence-electron chi connectivity index (χ1n) is 40.4. The summed E-state index contributed by atoms with van der Waals surface area (Å²) in [6.45, 7) is 11.9. The van der Waals surface area contributed by atoms with Gasteiger partial charge in [0.25, 0.3) is 0 Å². The van der Waals surface area contributed by atoms with E-state index in [1.165, 1.54) is 205 Å². The monoisotopic (exact) mass is 1420 g/mol. The van der Waals surface area contributed by atoms with Crippen molar-refractivity contribution in [1.29, 1.82) is 0 Å². The van der Waals surface area contributed by atoms with E-state index in [-0.39, 0.29) is 25.7 Å². The number of rotatable bonds is 76. The van der Waals surface area contributed by atoms with Crippen LogP contribution in [0.2, 0.25) is 0 Å². The van der Waals surface area contributed by atoms with Crippen LogP contribution in [0.3, 0.4) is 0 Å². The van der Waals surface area contributed by atoms with Gasteiger partial charge in [0.05, 0.1) is 26.4 Å². The second-order valence-corrected chi connectivity index (χ2v) is 32.0. The van der Waals surface area contributed by atoms with Crippen molar-refractivity contribution in [1.82, 2.24) is 0 Å². The van der Waals surface area contributed by atoms with Crippen molar-refractivity contribution < 1.29 is 80.2 Å². The third-order valence-corrected chi connectivity index (χ3v) is 20.8. The third-order valence-electron chi connectivity index (χ3n) is 18.9. The maximum Gasteiger partial charge on any atom is 0.472 e. The number of phosphoric acid groups is 2. The Hall–Kier alpha value is -1.94. The van der Waals surface area contributed by atoms with Gasteiger partial charge in [-0.1, -0.05) is 350 Å². The first-order valence-corrected chi connectivity index (χ1v) is 43.4. The molecule has 0 rings (SSSR count). The first-order chi connectivity index (χ1) is 46.8. The van der Waals surface area contributed by atoms with E-state index in [0.29, 0.717) is 25.7 Å². The Bertz CT molecular complexity index is 1890. The summed E-state index contributed by atoms with van der Waals surface area (Å²) >= 11 is 0. The second-order valence-electron chi connectivity index (χ2n) is 29.1. The lowest BCUT2D eigenvalue weighted by Crippen LogP contribution is -2.30. The molecular formula is C78H152O17P2. The molecule has 0 aromatic heterocycles. The van der Waals surface area contributed by atoms with Gasteiger partial charge in [-0.2, -0.15) is 0 Å². The summed E-state index contributed by atoms with van der Waals surface area (Å²) in [6, 6.07) is 0. The minimum atomic E-state index is -4.96. The maximum absolute atomic E-state index is 13.1. The molecule has 0 bridgehead atoms. The van der Waals surface area contributed by atoms with Gasteiger partial charge in [-0.15, -0.1) is 0 Å². The smallest absolute Gasteiger partial charge is 0.462 e. The molecule has 0 aliphatic carbocycles. The highest BCUT2D eigenvalue weighted by molar-refractivity contribution is 7.47. The first kappa shape index (κ1) is 95.1. The Morgan fingerprint density at radius 3 is 0.784 bits per heavy atom. The number of hydrogen-bond acceptors (Lipinski definition) is 15. The van der Waals surface area contributed by atoms with Gasteiger partial charge in [0, 0.05) is 25.7 Å². The SMILES string of the molecule is CCCCCCCCCCCCCCCCCCCCC(=O)OC[C@H](COP(=O)(O)OC[C@@H](O)COP(=O)(O)OC[C@@H](COC(=O)CCCCCCCCC(C)CC)OC(=O)CCCCCCCCC(C)CC)OC(=O)CCCCCCCCCCCCCCCCCCC(C)C. The van der Waals surface area contributed by atoms with E-state index in [1.54, 1.807) is 0 Å². The van der Waals surface area contributed by atoms with Crippen molar-refractivity contribution in [3.8, 4) is 0 Å². The average molecular weight is 1420 g/mol. The van der Waals surface area contributed by atoms with Crippen LogP contribution < -0.4 is 0 Å². The van der Waals surface area contributed by atoms with Gasteiger partial charge in [0.2, 0.25) is 0 Å². The normalized spacial score (nSPS) is 14.6.